The molecule has 0 amide bonds. The van der Waals surface area contributed by atoms with Crippen LogP contribution in [-0.4, -0.2) is 23.3 Å². The van der Waals surface area contributed by atoms with Crippen LogP contribution in [0.1, 0.15) is 36.7 Å². The van der Waals surface area contributed by atoms with Gasteiger partial charge in [-0.3, -0.25) is 9.59 Å². The summed E-state index contributed by atoms with van der Waals surface area (Å²) in [6.45, 7) is 5.84. The van der Waals surface area contributed by atoms with Crippen molar-refractivity contribution in [1.29, 1.82) is 0 Å². The van der Waals surface area contributed by atoms with Crippen LogP contribution in [-0.2, 0) is 4.79 Å². The zero-order chi connectivity index (χ0) is 25.7. The van der Waals surface area contributed by atoms with E-state index in [1.54, 1.807) is 26.0 Å². The van der Waals surface area contributed by atoms with E-state index >= 15 is 0 Å². The fourth-order valence-corrected chi connectivity index (χ4v) is 5.00. The first-order valence-electron chi connectivity index (χ1n) is 12.5. The summed E-state index contributed by atoms with van der Waals surface area (Å²) in [5.41, 5.74) is 5.20. The number of nitrogens with zero attached hydrogens (tertiary/aromatic N) is 1. The Morgan fingerprint density at radius 3 is 2.41 bits per heavy atom. The zero-order valence-electron chi connectivity index (χ0n) is 20.9. The molecule has 0 spiro atoms. The van der Waals surface area contributed by atoms with E-state index in [9.17, 15) is 9.59 Å². The summed E-state index contributed by atoms with van der Waals surface area (Å²) in [6.07, 6.45) is 0. The second kappa shape index (κ2) is 8.86. The van der Waals surface area contributed by atoms with Gasteiger partial charge in [0.2, 0.25) is 0 Å². The molecule has 0 saturated carbocycles. The van der Waals surface area contributed by atoms with E-state index < -0.39 is 0 Å². The highest BCUT2D eigenvalue weighted by atomic mass is 16.6. The number of hydrogen-bond acceptors (Lipinski definition) is 5. The number of benzene rings is 4. The fourth-order valence-electron chi connectivity index (χ4n) is 5.00. The minimum atomic E-state index is -0.337. The highest BCUT2D eigenvalue weighted by Crippen LogP contribution is 2.47. The van der Waals surface area contributed by atoms with Crippen LogP contribution in [0.25, 0.3) is 44.1 Å². The maximum absolute atomic E-state index is 13.8. The third-order valence-corrected chi connectivity index (χ3v) is 6.74. The number of fused-ring (bicyclic) bond motifs is 7. The van der Waals surface area contributed by atoms with Gasteiger partial charge in [-0.1, -0.05) is 68.4 Å². The van der Waals surface area contributed by atoms with Crippen LogP contribution in [0, 0.1) is 5.92 Å². The topological polar surface area (TPSA) is 65.5 Å². The minimum absolute atomic E-state index is 0.0452. The number of aromatic nitrogens is 1. The molecular formula is C32H25NO4. The molecule has 1 aromatic heterocycles. The molecule has 0 saturated heterocycles. The average Bonchev–Trinajstić information content (AvgIpc) is 3.21. The molecule has 1 aliphatic rings. The third kappa shape index (κ3) is 3.66. The van der Waals surface area contributed by atoms with E-state index in [0.717, 1.165) is 38.4 Å². The van der Waals surface area contributed by atoms with Gasteiger partial charge in [0.15, 0.2) is 17.3 Å². The van der Waals surface area contributed by atoms with Gasteiger partial charge in [0.1, 0.15) is 0 Å². The molecule has 5 aromatic rings. The zero-order valence-corrected chi connectivity index (χ0v) is 20.9. The van der Waals surface area contributed by atoms with Crippen molar-refractivity contribution in [1.82, 2.24) is 4.98 Å². The highest BCUT2D eigenvalue weighted by Gasteiger charge is 2.33. The predicted octanol–water partition coefficient (Wildman–Crippen LogP) is 7.23. The summed E-state index contributed by atoms with van der Waals surface area (Å²) in [6, 6.07) is 25.3. The molecular weight excluding hydrogens is 462 g/mol. The van der Waals surface area contributed by atoms with Crippen LogP contribution in [0.4, 0.5) is 0 Å². The van der Waals surface area contributed by atoms with E-state index in [2.05, 4.69) is 18.2 Å². The number of carbonyl (C=O) groups excluding carboxylic acids is 2. The maximum atomic E-state index is 13.8. The molecule has 6 rings (SSSR count). The fraction of sp³-hybridized carbons (Fsp3) is 0.156. The monoisotopic (exact) mass is 487 g/mol. The summed E-state index contributed by atoms with van der Waals surface area (Å²) in [7, 11) is 0. The first-order chi connectivity index (χ1) is 18.0. The van der Waals surface area contributed by atoms with Gasteiger partial charge in [-0.25, -0.2) is 4.98 Å². The first kappa shape index (κ1) is 22.9. The van der Waals surface area contributed by atoms with E-state index in [0.29, 0.717) is 34.9 Å². The number of hydrogen-bond donors (Lipinski definition) is 0. The van der Waals surface area contributed by atoms with E-state index in [-0.39, 0.29) is 17.7 Å². The van der Waals surface area contributed by atoms with Gasteiger partial charge in [-0.2, -0.15) is 0 Å². The van der Waals surface area contributed by atoms with Gasteiger partial charge < -0.3 is 9.47 Å². The third-order valence-electron chi connectivity index (χ3n) is 6.74. The summed E-state index contributed by atoms with van der Waals surface area (Å²) >= 11 is 0. The molecule has 0 atom stereocenters. The molecule has 0 N–H and O–H groups in total. The largest absolute Gasteiger partial charge is 0.490 e. The number of esters is 1. The van der Waals surface area contributed by atoms with Gasteiger partial charge in [0.05, 0.1) is 29.3 Å². The smallest absolute Gasteiger partial charge is 0.313 e. The number of pyridine rings is 1. The SMILES string of the molecule is CCOc1cc(-c2nc3ccc4ccccc4c3c3c2C(=O)c2ccccc2-3)ccc1OC(=O)C(C)C. The molecule has 0 radical (unpaired) electrons. The van der Waals surface area contributed by atoms with Gasteiger partial charge in [-0.05, 0) is 47.5 Å². The Labute approximate surface area is 214 Å². The van der Waals surface area contributed by atoms with Crippen LogP contribution in [0.3, 0.4) is 0 Å². The second-order valence-corrected chi connectivity index (χ2v) is 9.44. The quantitative estimate of drug-likeness (QED) is 0.146. The number of ketones is 1. The molecule has 4 aromatic carbocycles. The maximum Gasteiger partial charge on any atom is 0.313 e. The predicted molar refractivity (Wildman–Crippen MR) is 145 cm³/mol. The van der Waals surface area contributed by atoms with Crippen molar-refractivity contribution in [3.63, 3.8) is 0 Å². The molecule has 5 nitrogen and oxygen atoms in total. The molecule has 0 unspecified atom stereocenters. The lowest BCUT2D eigenvalue weighted by molar-refractivity contribution is -0.137. The standard InChI is InChI=1S/C32H25NO4/c1-4-36-26-17-20(14-16-25(26)37-32(35)18(2)3)30-29-28(22-11-7-8-12-23(22)31(29)34)27-21-10-6-5-9-19(21)13-15-24(27)33-30/h5-18H,4H2,1-3H3. The Kier molecular flexibility index (Phi) is 5.49. The lowest BCUT2D eigenvalue weighted by Crippen LogP contribution is -2.15. The lowest BCUT2D eigenvalue weighted by atomic mass is 9.93. The van der Waals surface area contributed by atoms with Crippen LogP contribution >= 0.6 is 0 Å². The average molecular weight is 488 g/mol. The van der Waals surface area contributed by atoms with Crippen LogP contribution in [0.2, 0.25) is 0 Å². The Balaban J connectivity index is 1.64. The minimum Gasteiger partial charge on any atom is -0.490 e. The molecule has 5 heteroatoms. The van der Waals surface area contributed by atoms with Crippen molar-refractivity contribution in [2.75, 3.05) is 6.61 Å². The van der Waals surface area contributed by atoms with Crippen molar-refractivity contribution in [2.45, 2.75) is 20.8 Å². The van der Waals surface area contributed by atoms with Gasteiger partial charge in [-0.15, -0.1) is 0 Å². The Morgan fingerprint density at radius 1 is 0.865 bits per heavy atom. The van der Waals surface area contributed by atoms with Crippen molar-refractivity contribution in [3.05, 3.63) is 90.0 Å². The van der Waals surface area contributed by atoms with E-state index in [1.165, 1.54) is 0 Å². The van der Waals surface area contributed by atoms with Crippen molar-refractivity contribution in [2.24, 2.45) is 5.92 Å². The lowest BCUT2D eigenvalue weighted by Gasteiger charge is -2.16. The summed E-state index contributed by atoms with van der Waals surface area (Å²) in [5, 5.41) is 3.13. The second-order valence-electron chi connectivity index (χ2n) is 9.44. The number of carbonyl (C=O) groups is 2. The van der Waals surface area contributed by atoms with E-state index in [4.69, 9.17) is 14.5 Å². The van der Waals surface area contributed by atoms with Crippen LogP contribution in [0.15, 0.2) is 78.9 Å². The Bertz CT molecular complexity index is 1730. The number of ether oxygens (including phenoxy) is 2. The number of rotatable bonds is 5. The molecule has 0 fully saturated rings. The molecule has 1 aliphatic carbocycles. The van der Waals surface area contributed by atoms with Gasteiger partial charge in [0.25, 0.3) is 0 Å². The highest BCUT2D eigenvalue weighted by molar-refractivity contribution is 6.30. The summed E-state index contributed by atoms with van der Waals surface area (Å²) in [5.74, 6) is 0.131. The van der Waals surface area contributed by atoms with Crippen LogP contribution in [0.5, 0.6) is 11.5 Å². The summed E-state index contributed by atoms with van der Waals surface area (Å²) in [4.78, 5) is 31.1. The van der Waals surface area contributed by atoms with Crippen molar-refractivity contribution < 1.29 is 19.1 Å². The molecule has 37 heavy (non-hydrogen) atoms. The Hall–Kier alpha value is -4.51. The normalized spacial score (nSPS) is 12.2. The summed E-state index contributed by atoms with van der Waals surface area (Å²) < 4.78 is 11.4. The van der Waals surface area contributed by atoms with Gasteiger partial charge in [0, 0.05) is 22.1 Å². The Morgan fingerprint density at radius 2 is 1.62 bits per heavy atom. The van der Waals surface area contributed by atoms with Crippen molar-refractivity contribution >= 4 is 33.4 Å². The molecule has 0 bridgehead atoms. The van der Waals surface area contributed by atoms with Crippen molar-refractivity contribution in [3.8, 4) is 33.9 Å². The molecule has 182 valence electrons. The first-order valence-corrected chi connectivity index (χ1v) is 12.5. The van der Waals surface area contributed by atoms with Gasteiger partial charge >= 0.3 is 5.97 Å². The van der Waals surface area contributed by atoms with Crippen LogP contribution < -0.4 is 9.47 Å². The molecule has 0 aliphatic heterocycles. The van der Waals surface area contributed by atoms with E-state index in [1.807, 2.05) is 55.5 Å². The molecule has 1 heterocycles.